The van der Waals surface area contributed by atoms with Crippen molar-refractivity contribution >= 4 is 28.3 Å². The number of alkyl halides is 1. The van der Waals surface area contributed by atoms with E-state index in [0.29, 0.717) is 12.5 Å². The van der Waals surface area contributed by atoms with Gasteiger partial charge in [-0.05, 0) is 54.8 Å². The number of hydrogen-bond donors (Lipinski definition) is 1. The second-order valence-electron chi connectivity index (χ2n) is 6.09. The lowest BCUT2D eigenvalue weighted by Gasteiger charge is -2.08. The third kappa shape index (κ3) is 4.10. The lowest BCUT2D eigenvalue weighted by molar-refractivity contribution is 0.318. The first-order chi connectivity index (χ1) is 12.2. The maximum Gasteiger partial charge on any atom is 0.135 e. The minimum Gasteiger partial charge on any atom is -0.494 e. The van der Waals surface area contributed by atoms with Gasteiger partial charge in [-0.15, -0.1) is 11.6 Å². The van der Waals surface area contributed by atoms with Crippen molar-refractivity contribution in [2.24, 2.45) is 0 Å². The quantitative estimate of drug-likeness (QED) is 0.313. The molecule has 0 aliphatic heterocycles. The van der Waals surface area contributed by atoms with E-state index in [-0.39, 0.29) is 0 Å². The van der Waals surface area contributed by atoms with Crippen molar-refractivity contribution in [2.45, 2.75) is 32.6 Å². The number of furan rings is 1. The van der Waals surface area contributed by atoms with Gasteiger partial charge in [0.25, 0.3) is 0 Å². The largest absolute Gasteiger partial charge is 0.494 e. The molecule has 0 saturated heterocycles. The van der Waals surface area contributed by atoms with Crippen molar-refractivity contribution < 1.29 is 9.15 Å². The van der Waals surface area contributed by atoms with Gasteiger partial charge in [-0.25, -0.2) is 0 Å². The first-order valence-electron chi connectivity index (χ1n) is 8.74. The van der Waals surface area contributed by atoms with Crippen molar-refractivity contribution in [3.8, 4) is 16.9 Å². The molecule has 0 saturated carbocycles. The molecule has 2 N–H and O–H groups in total. The molecule has 0 aliphatic rings. The van der Waals surface area contributed by atoms with E-state index in [2.05, 4.69) is 13.0 Å². The molecule has 2 aromatic carbocycles. The summed E-state index contributed by atoms with van der Waals surface area (Å²) in [5.41, 5.74) is 9.63. The molecule has 0 fully saturated rings. The Morgan fingerprint density at radius 3 is 2.88 bits per heavy atom. The van der Waals surface area contributed by atoms with Crippen LogP contribution in [0.25, 0.3) is 22.1 Å². The number of halogens is 1. The Kier molecular flexibility index (Phi) is 5.87. The number of ether oxygens (including phenoxy) is 1. The normalized spacial score (nSPS) is 11.1. The van der Waals surface area contributed by atoms with Crippen LogP contribution in [0.3, 0.4) is 0 Å². The summed E-state index contributed by atoms with van der Waals surface area (Å²) in [6, 6.07) is 14.9. The Hall–Kier alpha value is -2.13. The highest BCUT2D eigenvalue weighted by molar-refractivity contribution is 6.17. The number of nitrogen functional groups attached to an aromatic ring is 1. The Morgan fingerprint density at radius 1 is 1.20 bits per heavy atom. The highest BCUT2D eigenvalue weighted by Gasteiger charge is 2.16. The molecule has 0 atom stereocenters. The Bertz CT molecular complexity index is 841. The van der Waals surface area contributed by atoms with Crippen LogP contribution in [0.5, 0.6) is 5.75 Å². The Labute approximate surface area is 153 Å². The number of benzene rings is 2. The Balaban J connectivity index is 2.03. The number of fused-ring (bicyclic) bond motifs is 1. The zero-order valence-electron chi connectivity index (χ0n) is 14.5. The molecule has 25 heavy (non-hydrogen) atoms. The molecule has 1 aromatic heterocycles. The van der Waals surface area contributed by atoms with Gasteiger partial charge in [0.05, 0.1) is 6.61 Å². The fourth-order valence-electron chi connectivity index (χ4n) is 2.90. The van der Waals surface area contributed by atoms with Crippen LogP contribution in [0, 0.1) is 6.07 Å². The summed E-state index contributed by atoms with van der Waals surface area (Å²) >= 11 is 5.72. The van der Waals surface area contributed by atoms with Crippen molar-refractivity contribution in [2.75, 3.05) is 18.2 Å². The van der Waals surface area contributed by atoms with Crippen LogP contribution in [-0.2, 0) is 6.42 Å². The molecular weight excluding hydrogens is 334 g/mol. The zero-order valence-corrected chi connectivity index (χ0v) is 15.2. The number of nitrogens with two attached hydrogens (primary N) is 1. The average molecular weight is 357 g/mol. The van der Waals surface area contributed by atoms with Crippen LogP contribution >= 0.6 is 11.6 Å². The number of rotatable bonds is 8. The first-order valence-corrected chi connectivity index (χ1v) is 9.28. The summed E-state index contributed by atoms with van der Waals surface area (Å²) in [6.07, 6.45) is 3.91. The molecule has 0 bridgehead atoms. The Morgan fingerprint density at radius 2 is 2.08 bits per heavy atom. The van der Waals surface area contributed by atoms with Gasteiger partial charge >= 0.3 is 0 Å². The molecule has 0 aliphatic carbocycles. The van der Waals surface area contributed by atoms with Crippen LogP contribution in [0.1, 0.15) is 31.9 Å². The van der Waals surface area contributed by atoms with Crippen molar-refractivity contribution in [3.05, 3.63) is 48.2 Å². The van der Waals surface area contributed by atoms with E-state index in [0.717, 1.165) is 65.0 Å². The second kappa shape index (κ2) is 8.30. The van der Waals surface area contributed by atoms with Crippen molar-refractivity contribution in [3.63, 3.8) is 0 Å². The smallest absolute Gasteiger partial charge is 0.135 e. The van der Waals surface area contributed by atoms with Crippen LogP contribution in [0.2, 0.25) is 0 Å². The van der Waals surface area contributed by atoms with Gasteiger partial charge < -0.3 is 14.9 Å². The standard InChI is InChI=1S/C21H23ClNO2/c1-2-3-8-20-21(18-14-16(23)9-10-19(18)25-20)15-6-4-7-17(13-15)24-12-5-11-22/h4,7,9-10,13-14H,2-3,5,8,11-12,23H2,1H3. The summed E-state index contributed by atoms with van der Waals surface area (Å²) in [5.74, 6) is 2.40. The van der Waals surface area contributed by atoms with E-state index in [1.807, 2.05) is 36.4 Å². The summed E-state index contributed by atoms with van der Waals surface area (Å²) in [5, 5.41) is 1.03. The molecule has 3 rings (SSSR count). The molecular formula is C21H23ClNO2. The lowest BCUT2D eigenvalue weighted by atomic mass is 9.99. The number of hydrogen-bond acceptors (Lipinski definition) is 3. The van der Waals surface area contributed by atoms with Gasteiger partial charge in [-0.1, -0.05) is 19.4 Å². The molecule has 0 amide bonds. The molecule has 1 radical (unpaired) electrons. The topological polar surface area (TPSA) is 48.4 Å². The highest BCUT2D eigenvalue weighted by Crippen LogP contribution is 2.37. The van der Waals surface area contributed by atoms with Gasteiger partial charge in [0, 0.05) is 28.9 Å². The number of unbranched alkanes of at least 4 members (excludes halogenated alkanes) is 1. The lowest BCUT2D eigenvalue weighted by Crippen LogP contribution is -1.98. The van der Waals surface area contributed by atoms with E-state index in [1.165, 1.54) is 0 Å². The van der Waals surface area contributed by atoms with E-state index in [4.69, 9.17) is 26.5 Å². The van der Waals surface area contributed by atoms with Gasteiger partial charge in [0.15, 0.2) is 0 Å². The van der Waals surface area contributed by atoms with Crippen molar-refractivity contribution in [1.29, 1.82) is 0 Å². The number of aryl methyl sites for hydroxylation is 1. The minimum atomic E-state index is 0.596. The third-order valence-electron chi connectivity index (χ3n) is 4.13. The summed E-state index contributed by atoms with van der Waals surface area (Å²) in [7, 11) is 0. The van der Waals surface area contributed by atoms with Crippen molar-refractivity contribution in [1.82, 2.24) is 0 Å². The summed E-state index contributed by atoms with van der Waals surface area (Å²) in [6.45, 7) is 2.78. The fraction of sp³-hybridized carbons (Fsp3) is 0.333. The molecule has 3 nitrogen and oxygen atoms in total. The summed E-state index contributed by atoms with van der Waals surface area (Å²) < 4.78 is 11.9. The molecule has 1 heterocycles. The number of anilines is 1. The second-order valence-corrected chi connectivity index (χ2v) is 6.47. The third-order valence-corrected chi connectivity index (χ3v) is 4.40. The maximum atomic E-state index is 6.12. The van der Waals surface area contributed by atoms with E-state index in [1.54, 1.807) is 0 Å². The predicted molar refractivity (Wildman–Crippen MR) is 104 cm³/mol. The molecule has 0 spiro atoms. The molecule has 3 aromatic rings. The zero-order chi connectivity index (χ0) is 17.6. The van der Waals surface area contributed by atoms with Gasteiger partial charge in [-0.2, -0.15) is 0 Å². The molecule has 0 unspecified atom stereocenters. The van der Waals surface area contributed by atoms with E-state index >= 15 is 0 Å². The summed E-state index contributed by atoms with van der Waals surface area (Å²) in [4.78, 5) is 0. The van der Waals surface area contributed by atoms with Crippen LogP contribution < -0.4 is 10.5 Å². The average Bonchev–Trinajstić information content (AvgIpc) is 2.98. The molecule has 131 valence electrons. The van der Waals surface area contributed by atoms with Gasteiger partial charge in [-0.3, -0.25) is 0 Å². The minimum absolute atomic E-state index is 0.596. The highest BCUT2D eigenvalue weighted by atomic mass is 35.5. The van der Waals surface area contributed by atoms with Gasteiger partial charge in [0.2, 0.25) is 0 Å². The maximum absolute atomic E-state index is 6.12. The van der Waals surface area contributed by atoms with E-state index < -0.39 is 0 Å². The fourth-order valence-corrected chi connectivity index (χ4v) is 3.01. The van der Waals surface area contributed by atoms with Crippen LogP contribution in [-0.4, -0.2) is 12.5 Å². The predicted octanol–water partition coefficient (Wildman–Crippen LogP) is 5.83. The first kappa shape index (κ1) is 17.7. The van der Waals surface area contributed by atoms with Crippen LogP contribution in [0.15, 0.2) is 40.8 Å². The monoisotopic (exact) mass is 356 g/mol. The SMILES string of the molecule is CCCCc1oc2ccc(N)cc2c1-c1[c]ccc(OCCCCl)c1. The van der Waals surface area contributed by atoms with E-state index in [9.17, 15) is 0 Å². The molecule has 4 heteroatoms. The van der Waals surface area contributed by atoms with Gasteiger partial charge in [0.1, 0.15) is 17.1 Å². The van der Waals surface area contributed by atoms with Crippen LogP contribution in [0.4, 0.5) is 5.69 Å².